The first-order valence-corrected chi connectivity index (χ1v) is 9.89. The van der Waals surface area contributed by atoms with Crippen LogP contribution in [0.5, 0.6) is 5.75 Å². The molecule has 3 rings (SSSR count). The van der Waals surface area contributed by atoms with E-state index in [0.717, 1.165) is 16.7 Å². The molecule has 2 aromatic carbocycles. The second-order valence-corrected chi connectivity index (χ2v) is 7.87. The Labute approximate surface area is 177 Å². The van der Waals surface area contributed by atoms with Gasteiger partial charge in [0.15, 0.2) is 0 Å². The van der Waals surface area contributed by atoms with Crippen LogP contribution < -0.4 is 4.74 Å². The molecule has 1 saturated heterocycles. The molecule has 1 amide bonds. The number of aliphatic hydroxyl groups is 1. The summed E-state index contributed by atoms with van der Waals surface area (Å²) in [7, 11) is 5.38. The fourth-order valence-corrected chi connectivity index (χ4v) is 3.62. The fraction of sp³-hybridized carbons (Fsp3) is 0.333. The normalized spacial score (nSPS) is 18.3. The van der Waals surface area contributed by atoms with Crippen molar-refractivity contribution in [3.05, 3.63) is 70.3 Å². The molecule has 158 valence electrons. The summed E-state index contributed by atoms with van der Waals surface area (Å²) in [6, 6.07) is 12.1. The molecule has 30 heavy (non-hydrogen) atoms. The van der Waals surface area contributed by atoms with Crippen molar-refractivity contribution < 1.29 is 19.4 Å². The zero-order valence-electron chi connectivity index (χ0n) is 18.1. The number of ketones is 1. The Hall–Kier alpha value is -3.12. The van der Waals surface area contributed by atoms with Crippen LogP contribution in [0.15, 0.2) is 48.0 Å². The predicted molar refractivity (Wildman–Crippen MR) is 116 cm³/mol. The number of methoxy groups -OCH3 is 1. The van der Waals surface area contributed by atoms with Gasteiger partial charge in [0.05, 0.1) is 18.7 Å². The SMILES string of the molecule is COc1cccc(C2/C(=C(/O)c3ccc(C)c(C)c3)C(=O)C(=O)N2CCN(C)C)c1. The zero-order valence-corrected chi connectivity index (χ0v) is 18.1. The number of aryl methyl sites for hydroxylation is 2. The van der Waals surface area contributed by atoms with Gasteiger partial charge in [-0.1, -0.05) is 24.3 Å². The lowest BCUT2D eigenvalue weighted by atomic mass is 9.94. The van der Waals surface area contributed by atoms with Crippen molar-refractivity contribution in [1.29, 1.82) is 0 Å². The monoisotopic (exact) mass is 408 g/mol. The summed E-state index contributed by atoms with van der Waals surface area (Å²) in [4.78, 5) is 29.4. The van der Waals surface area contributed by atoms with Gasteiger partial charge in [0.1, 0.15) is 11.5 Å². The van der Waals surface area contributed by atoms with E-state index in [1.807, 2.05) is 57.1 Å². The quantitative estimate of drug-likeness (QED) is 0.451. The molecule has 1 atom stereocenters. The zero-order chi connectivity index (χ0) is 22.0. The number of carbonyl (C=O) groups excluding carboxylic acids is 2. The highest BCUT2D eigenvalue weighted by Gasteiger charge is 2.46. The molecule has 0 aromatic heterocycles. The van der Waals surface area contributed by atoms with Gasteiger partial charge in [0.2, 0.25) is 0 Å². The van der Waals surface area contributed by atoms with Crippen LogP contribution in [-0.4, -0.2) is 60.9 Å². The van der Waals surface area contributed by atoms with Crippen molar-refractivity contribution in [2.24, 2.45) is 0 Å². The van der Waals surface area contributed by atoms with E-state index in [2.05, 4.69) is 0 Å². The number of carbonyl (C=O) groups is 2. The van der Waals surface area contributed by atoms with Crippen LogP contribution in [0.3, 0.4) is 0 Å². The average molecular weight is 408 g/mol. The van der Waals surface area contributed by atoms with Gasteiger partial charge in [-0.15, -0.1) is 0 Å². The lowest BCUT2D eigenvalue weighted by molar-refractivity contribution is -0.140. The summed E-state index contributed by atoms with van der Waals surface area (Å²) >= 11 is 0. The predicted octanol–water partition coefficient (Wildman–Crippen LogP) is 3.30. The standard InChI is InChI=1S/C24H28N2O4/c1-15-9-10-18(13-16(15)2)22(27)20-21(17-7-6-8-19(14-17)30-5)26(12-11-25(3)4)24(29)23(20)28/h6-10,13-14,21,27H,11-12H2,1-5H3/b22-20-. The summed E-state index contributed by atoms with van der Waals surface area (Å²) in [5.41, 5.74) is 3.44. The highest BCUT2D eigenvalue weighted by molar-refractivity contribution is 6.46. The second kappa shape index (κ2) is 8.71. The Morgan fingerprint density at radius 1 is 1.10 bits per heavy atom. The molecule has 1 unspecified atom stereocenters. The van der Waals surface area contributed by atoms with Crippen molar-refractivity contribution in [2.75, 3.05) is 34.3 Å². The fourth-order valence-electron chi connectivity index (χ4n) is 3.62. The molecule has 1 N–H and O–H groups in total. The maximum Gasteiger partial charge on any atom is 0.295 e. The van der Waals surface area contributed by atoms with Crippen LogP contribution in [-0.2, 0) is 9.59 Å². The van der Waals surface area contributed by atoms with E-state index in [-0.39, 0.29) is 11.3 Å². The molecule has 1 heterocycles. The molecule has 1 aliphatic heterocycles. The molecule has 0 bridgehead atoms. The number of hydrogen-bond donors (Lipinski definition) is 1. The summed E-state index contributed by atoms with van der Waals surface area (Å²) in [5, 5.41) is 11.1. The van der Waals surface area contributed by atoms with Gasteiger partial charge in [0.25, 0.3) is 11.7 Å². The molecule has 0 saturated carbocycles. The van der Waals surface area contributed by atoms with Gasteiger partial charge >= 0.3 is 0 Å². The first-order valence-electron chi connectivity index (χ1n) is 9.89. The maximum atomic E-state index is 13.0. The first kappa shape index (κ1) is 21.6. The van der Waals surface area contributed by atoms with E-state index < -0.39 is 17.7 Å². The summed E-state index contributed by atoms with van der Waals surface area (Å²) in [5.74, 6) is -0.805. The van der Waals surface area contributed by atoms with E-state index in [4.69, 9.17) is 4.74 Å². The minimum absolute atomic E-state index is 0.107. The van der Waals surface area contributed by atoms with Gasteiger partial charge in [-0.3, -0.25) is 9.59 Å². The number of ether oxygens (including phenoxy) is 1. The molecule has 0 aliphatic carbocycles. The summed E-state index contributed by atoms with van der Waals surface area (Å²) in [6.07, 6.45) is 0. The van der Waals surface area contributed by atoms with Crippen LogP contribution in [0.4, 0.5) is 0 Å². The molecule has 0 radical (unpaired) electrons. The molecular weight excluding hydrogens is 380 g/mol. The third kappa shape index (κ3) is 4.09. The number of likely N-dealkylation sites (tertiary alicyclic amines) is 1. The molecule has 2 aromatic rings. The van der Waals surface area contributed by atoms with Gasteiger partial charge in [-0.2, -0.15) is 0 Å². The first-order chi connectivity index (χ1) is 14.2. The summed E-state index contributed by atoms with van der Waals surface area (Å²) in [6.45, 7) is 4.89. The van der Waals surface area contributed by atoms with Gasteiger partial charge in [-0.25, -0.2) is 0 Å². The molecule has 6 heteroatoms. The average Bonchev–Trinajstić information content (AvgIpc) is 2.98. The van der Waals surface area contributed by atoms with E-state index in [9.17, 15) is 14.7 Å². The number of likely N-dealkylation sites (N-methyl/N-ethyl adjacent to an activating group) is 1. The third-order valence-electron chi connectivity index (χ3n) is 5.52. The third-order valence-corrected chi connectivity index (χ3v) is 5.52. The van der Waals surface area contributed by atoms with Crippen molar-refractivity contribution in [3.8, 4) is 5.75 Å². The Bertz CT molecular complexity index is 1010. The smallest absolute Gasteiger partial charge is 0.295 e. The van der Waals surface area contributed by atoms with Crippen molar-refractivity contribution in [1.82, 2.24) is 9.80 Å². The van der Waals surface area contributed by atoms with Crippen LogP contribution >= 0.6 is 0 Å². The summed E-state index contributed by atoms with van der Waals surface area (Å²) < 4.78 is 5.34. The molecular formula is C24H28N2O4. The number of rotatable bonds is 6. The molecule has 1 aliphatic rings. The Morgan fingerprint density at radius 3 is 2.47 bits per heavy atom. The van der Waals surface area contributed by atoms with Crippen molar-refractivity contribution in [3.63, 3.8) is 0 Å². The minimum atomic E-state index is -0.679. The number of Topliss-reactive ketones (excluding diaryl/α,β-unsaturated/α-hetero) is 1. The Morgan fingerprint density at radius 2 is 1.83 bits per heavy atom. The van der Waals surface area contributed by atoms with Crippen LogP contribution in [0.1, 0.15) is 28.3 Å². The van der Waals surface area contributed by atoms with Gasteiger partial charge in [0, 0.05) is 18.7 Å². The van der Waals surface area contributed by atoms with E-state index in [0.29, 0.717) is 24.4 Å². The van der Waals surface area contributed by atoms with Crippen LogP contribution in [0, 0.1) is 13.8 Å². The lowest BCUT2D eigenvalue weighted by Crippen LogP contribution is -2.35. The minimum Gasteiger partial charge on any atom is -0.507 e. The van der Waals surface area contributed by atoms with Gasteiger partial charge < -0.3 is 19.6 Å². The number of nitrogens with zero attached hydrogens (tertiary/aromatic N) is 2. The molecule has 6 nitrogen and oxygen atoms in total. The lowest BCUT2D eigenvalue weighted by Gasteiger charge is -2.26. The second-order valence-electron chi connectivity index (χ2n) is 7.87. The van der Waals surface area contributed by atoms with Crippen LogP contribution in [0.2, 0.25) is 0 Å². The van der Waals surface area contributed by atoms with Gasteiger partial charge in [-0.05, 0) is 62.8 Å². The van der Waals surface area contributed by atoms with E-state index in [1.165, 1.54) is 4.90 Å². The number of amides is 1. The largest absolute Gasteiger partial charge is 0.507 e. The molecule has 1 fully saturated rings. The van der Waals surface area contributed by atoms with Crippen LogP contribution in [0.25, 0.3) is 5.76 Å². The highest BCUT2D eigenvalue weighted by Crippen LogP contribution is 2.40. The van der Waals surface area contributed by atoms with E-state index >= 15 is 0 Å². The maximum absolute atomic E-state index is 13.0. The Balaban J connectivity index is 2.17. The topological polar surface area (TPSA) is 70.1 Å². The highest BCUT2D eigenvalue weighted by atomic mass is 16.5. The Kier molecular flexibility index (Phi) is 6.27. The number of benzene rings is 2. The number of hydrogen-bond acceptors (Lipinski definition) is 5. The molecule has 0 spiro atoms. The van der Waals surface area contributed by atoms with Crippen molar-refractivity contribution >= 4 is 17.4 Å². The van der Waals surface area contributed by atoms with E-state index in [1.54, 1.807) is 25.3 Å². The number of aliphatic hydroxyl groups excluding tert-OH is 1. The van der Waals surface area contributed by atoms with Crippen molar-refractivity contribution in [2.45, 2.75) is 19.9 Å².